The number of methoxy groups -OCH3 is 1. The number of primary amides is 1. The van der Waals surface area contributed by atoms with Crippen molar-refractivity contribution in [2.24, 2.45) is 11.7 Å². The molecule has 2 rings (SSSR count). The van der Waals surface area contributed by atoms with Crippen LogP contribution in [-0.4, -0.2) is 38.6 Å². The van der Waals surface area contributed by atoms with E-state index in [4.69, 9.17) is 10.5 Å². The molecular weight excluding hydrogens is 270 g/mol. The molecule has 21 heavy (non-hydrogen) atoms. The van der Waals surface area contributed by atoms with Crippen LogP contribution in [0.4, 0.5) is 5.69 Å². The summed E-state index contributed by atoms with van der Waals surface area (Å²) in [4.78, 5) is 24.4. The predicted octanol–water partition coefficient (Wildman–Crippen LogP) is -0.586. The van der Waals surface area contributed by atoms with Crippen molar-refractivity contribution in [3.63, 3.8) is 0 Å². The second-order valence-corrected chi connectivity index (χ2v) is 5.40. The van der Waals surface area contributed by atoms with E-state index in [1.54, 1.807) is 13.2 Å². The molecule has 6 nitrogen and oxygen atoms in total. The second kappa shape index (κ2) is 7.08. The molecule has 6 heteroatoms. The molecule has 114 valence electrons. The molecule has 0 spiro atoms. The Labute approximate surface area is 124 Å². The van der Waals surface area contributed by atoms with Crippen LogP contribution < -0.4 is 20.7 Å². The second-order valence-electron chi connectivity index (χ2n) is 5.40. The number of hydrogen-bond acceptors (Lipinski definition) is 3. The Kier molecular flexibility index (Phi) is 5.16. The molecule has 0 aromatic heterocycles. The van der Waals surface area contributed by atoms with Crippen LogP contribution in [0.15, 0.2) is 24.3 Å². The summed E-state index contributed by atoms with van der Waals surface area (Å²) < 4.78 is 5.12. The SMILES string of the molecule is COc1cccc(NC(=O)C[NH+]2CCC[C@H](C(N)=O)C2)c1. The number of benzene rings is 1. The summed E-state index contributed by atoms with van der Waals surface area (Å²) in [5, 5.41) is 2.85. The Morgan fingerprint density at radius 2 is 2.29 bits per heavy atom. The lowest BCUT2D eigenvalue weighted by atomic mass is 9.97. The van der Waals surface area contributed by atoms with Crippen molar-refractivity contribution < 1.29 is 19.2 Å². The van der Waals surface area contributed by atoms with Gasteiger partial charge in [-0.2, -0.15) is 0 Å². The van der Waals surface area contributed by atoms with Gasteiger partial charge in [-0.25, -0.2) is 0 Å². The molecule has 0 aliphatic carbocycles. The average molecular weight is 292 g/mol. The van der Waals surface area contributed by atoms with E-state index in [-0.39, 0.29) is 17.7 Å². The highest BCUT2D eigenvalue weighted by atomic mass is 16.5. The van der Waals surface area contributed by atoms with Gasteiger partial charge in [0, 0.05) is 11.8 Å². The first kappa shape index (κ1) is 15.3. The smallest absolute Gasteiger partial charge is 0.279 e. The molecule has 1 aliphatic rings. The molecule has 1 saturated heterocycles. The molecule has 1 aromatic carbocycles. The lowest BCUT2D eigenvalue weighted by Gasteiger charge is -2.27. The van der Waals surface area contributed by atoms with Crippen molar-refractivity contribution in [1.82, 2.24) is 0 Å². The number of carbonyl (C=O) groups excluding carboxylic acids is 2. The summed E-state index contributed by atoms with van der Waals surface area (Å²) in [5.41, 5.74) is 6.06. The lowest BCUT2D eigenvalue weighted by molar-refractivity contribution is -0.899. The normalized spacial score (nSPS) is 21.6. The number of hydrogen-bond donors (Lipinski definition) is 3. The quantitative estimate of drug-likeness (QED) is 0.678. The maximum atomic E-state index is 12.1. The van der Waals surface area contributed by atoms with Crippen LogP contribution in [0.5, 0.6) is 5.75 Å². The summed E-state index contributed by atoms with van der Waals surface area (Å²) in [6, 6.07) is 7.24. The molecule has 2 amide bonds. The van der Waals surface area contributed by atoms with Crippen LogP contribution in [0.1, 0.15) is 12.8 Å². The number of rotatable bonds is 5. The highest BCUT2D eigenvalue weighted by Gasteiger charge is 2.28. The monoisotopic (exact) mass is 292 g/mol. The zero-order valence-corrected chi connectivity index (χ0v) is 12.2. The van der Waals surface area contributed by atoms with E-state index in [9.17, 15) is 9.59 Å². The molecule has 1 aliphatic heterocycles. The zero-order chi connectivity index (χ0) is 15.2. The van der Waals surface area contributed by atoms with Gasteiger partial charge in [-0.3, -0.25) is 9.59 Å². The molecule has 1 heterocycles. The third-order valence-corrected chi connectivity index (χ3v) is 3.78. The number of nitrogens with one attached hydrogen (secondary N) is 2. The molecule has 0 radical (unpaired) electrons. The molecule has 1 unspecified atom stereocenters. The zero-order valence-electron chi connectivity index (χ0n) is 12.2. The van der Waals surface area contributed by atoms with Crippen molar-refractivity contribution in [2.75, 3.05) is 32.1 Å². The Balaban J connectivity index is 1.87. The molecule has 2 atom stereocenters. The third kappa shape index (κ3) is 4.46. The van der Waals surface area contributed by atoms with Crippen LogP contribution in [-0.2, 0) is 9.59 Å². The summed E-state index contributed by atoms with van der Waals surface area (Å²) in [7, 11) is 1.59. The van der Waals surface area contributed by atoms with Gasteiger partial charge in [-0.05, 0) is 25.0 Å². The van der Waals surface area contributed by atoms with Gasteiger partial charge >= 0.3 is 0 Å². The fraction of sp³-hybridized carbons (Fsp3) is 0.467. The standard InChI is InChI=1S/C15H21N3O3/c1-21-13-6-2-5-12(8-13)17-14(19)10-18-7-3-4-11(9-18)15(16)20/h2,5-6,8,11H,3-4,7,9-10H2,1H3,(H2,16,20)(H,17,19)/p+1/t11-/m0/s1. The number of piperidine rings is 1. The number of carbonyl (C=O) groups is 2. The fourth-order valence-electron chi connectivity index (χ4n) is 2.69. The highest BCUT2D eigenvalue weighted by molar-refractivity contribution is 5.91. The first-order chi connectivity index (χ1) is 10.1. The number of ether oxygens (including phenoxy) is 1. The highest BCUT2D eigenvalue weighted by Crippen LogP contribution is 2.16. The van der Waals surface area contributed by atoms with E-state index < -0.39 is 0 Å². The van der Waals surface area contributed by atoms with Crippen molar-refractivity contribution in [3.05, 3.63) is 24.3 Å². The van der Waals surface area contributed by atoms with E-state index in [1.807, 2.05) is 18.2 Å². The molecule has 1 fully saturated rings. The summed E-state index contributed by atoms with van der Waals surface area (Å²) in [6.07, 6.45) is 1.76. The van der Waals surface area contributed by atoms with Gasteiger partial charge < -0.3 is 20.7 Å². The van der Waals surface area contributed by atoms with Crippen LogP contribution >= 0.6 is 0 Å². The van der Waals surface area contributed by atoms with E-state index in [0.717, 1.165) is 24.3 Å². The lowest BCUT2D eigenvalue weighted by Crippen LogP contribution is -3.14. The molecular formula is C15H22N3O3+. The number of nitrogens with two attached hydrogens (primary N) is 1. The van der Waals surface area contributed by atoms with E-state index in [1.165, 1.54) is 0 Å². The molecule has 1 aromatic rings. The van der Waals surface area contributed by atoms with Crippen molar-refractivity contribution >= 4 is 17.5 Å². The van der Waals surface area contributed by atoms with Gasteiger partial charge in [0.1, 0.15) is 5.75 Å². The Morgan fingerprint density at radius 3 is 3.00 bits per heavy atom. The summed E-state index contributed by atoms with van der Waals surface area (Å²) in [5.74, 6) is 0.258. The number of anilines is 1. The summed E-state index contributed by atoms with van der Waals surface area (Å²) >= 11 is 0. The molecule has 4 N–H and O–H groups in total. The summed E-state index contributed by atoms with van der Waals surface area (Å²) in [6.45, 7) is 1.89. The van der Waals surface area contributed by atoms with E-state index >= 15 is 0 Å². The van der Waals surface area contributed by atoms with Gasteiger partial charge in [-0.15, -0.1) is 0 Å². The van der Waals surface area contributed by atoms with Crippen molar-refractivity contribution in [2.45, 2.75) is 12.8 Å². The Hall–Kier alpha value is -2.08. The van der Waals surface area contributed by atoms with Crippen LogP contribution in [0.25, 0.3) is 0 Å². The fourth-order valence-corrected chi connectivity index (χ4v) is 2.69. The number of quaternary nitrogens is 1. The minimum atomic E-state index is -0.264. The number of amides is 2. The average Bonchev–Trinajstić information content (AvgIpc) is 2.47. The largest absolute Gasteiger partial charge is 0.497 e. The topological polar surface area (TPSA) is 85.9 Å². The van der Waals surface area contributed by atoms with Crippen LogP contribution in [0.2, 0.25) is 0 Å². The van der Waals surface area contributed by atoms with E-state index in [0.29, 0.717) is 24.5 Å². The third-order valence-electron chi connectivity index (χ3n) is 3.78. The van der Waals surface area contributed by atoms with Crippen LogP contribution in [0.3, 0.4) is 0 Å². The predicted molar refractivity (Wildman–Crippen MR) is 79.1 cm³/mol. The minimum absolute atomic E-state index is 0.0663. The Bertz CT molecular complexity index is 519. The van der Waals surface area contributed by atoms with E-state index in [2.05, 4.69) is 5.32 Å². The first-order valence-corrected chi connectivity index (χ1v) is 7.15. The maximum Gasteiger partial charge on any atom is 0.279 e. The minimum Gasteiger partial charge on any atom is -0.497 e. The van der Waals surface area contributed by atoms with Gasteiger partial charge in [-0.1, -0.05) is 6.07 Å². The molecule has 0 saturated carbocycles. The Morgan fingerprint density at radius 1 is 1.48 bits per heavy atom. The van der Waals surface area contributed by atoms with Gasteiger partial charge in [0.2, 0.25) is 5.91 Å². The van der Waals surface area contributed by atoms with Crippen molar-refractivity contribution in [1.29, 1.82) is 0 Å². The van der Waals surface area contributed by atoms with Crippen molar-refractivity contribution in [3.8, 4) is 5.75 Å². The molecule has 0 bridgehead atoms. The van der Waals surface area contributed by atoms with Crippen LogP contribution in [0, 0.1) is 5.92 Å². The first-order valence-electron chi connectivity index (χ1n) is 7.15. The number of likely N-dealkylation sites (tertiary alicyclic amines) is 1. The van der Waals surface area contributed by atoms with Gasteiger partial charge in [0.15, 0.2) is 6.54 Å². The van der Waals surface area contributed by atoms with Gasteiger partial charge in [0.05, 0.1) is 26.1 Å². The maximum absolute atomic E-state index is 12.1. The van der Waals surface area contributed by atoms with Gasteiger partial charge in [0.25, 0.3) is 5.91 Å².